The number of methoxy groups -OCH3 is 1. The highest BCUT2D eigenvalue weighted by Crippen LogP contribution is 2.28. The first-order chi connectivity index (χ1) is 10.0. The molecule has 1 atom stereocenters. The molecule has 0 radical (unpaired) electrons. The van der Waals surface area contributed by atoms with Gasteiger partial charge in [-0.2, -0.15) is 0 Å². The van der Waals surface area contributed by atoms with Crippen LogP contribution in [-0.4, -0.2) is 18.0 Å². The second-order valence-electron chi connectivity index (χ2n) is 4.36. The summed E-state index contributed by atoms with van der Waals surface area (Å²) in [6.07, 6.45) is 0. The van der Waals surface area contributed by atoms with Crippen LogP contribution in [0, 0.1) is 10.1 Å². The van der Waals surface area contributed by atoms with Gasteiger partial charge in [0.15, 0.2) is 0 Å². The van der Waals surface area contributed by atoms with Crippen LogP contribution in [-0.2, 0) is 9.53 Å². The molecule has 5 nitrogen and oxygen atoms in total. The Morgan fingerprint density at radius 1 is 1.10 bits per heavy atom. The number of nitro groups is 1. The monoisotopic (exact) mass is 349 g/mol. The fraction of sp³-hybridized carbons (Fsp3) is 0.133. The summed E-state index contributed by atoms with van der Waals surface area (Å²) in [5, 5.41) is 10.7. The van der Waals surface area contributed by atoms with E-state index in [4.69, 9.17) is 4.74 Å². The molecule has 108 valence electrons. The summed E-state index contributed by atoms with van der Waals surface area (Å²) in [7, 11) is 1.32. The van der Waals surface area contributed by atoms with Crippen molar-refractivity contribution in [1.82, 2.24) is 0 Å². The van der Waals surface area contributed by atoms with E-state index in [9.17, 15) is 14.9 Å². The quantitative estimate of drug-likeness (QED) is 0.479. The van der Waals surface area contributed by atoms with Crippen LogP contribution in [0.2, 0.25) is 0 Å². The normalized spacial score (nSPS) is 11.7. The standard InChI is InChI=1S/C15H12BrNO4/c1-21-15(18)14(10-2-6-12(16)7-3-10)11-4-8-13(9-5-11)17(19)20/h2-9,14H,1H3/t14-/m0/s1. The third-order valence-electron chi connectivity index (χ3n) is 3.08. The van der Waals surface area contributed by atoms with E-state index < -0.39 is 16.8 Å². The van der Waals surface area contributed by atoms with Crippen LogP contribution < -0.4 is 0 Å². The molecule has 0 spiro atoms. The highest BCUT2D eigenvalue weighted by Gasteiger charge is 2.24. The van der Waals surface area contributed by atoms with Gasteiger partial charge in [-0.15, -0.1) is 0 Å². The van der Waals surface area contributed by atoms with Gasteiger partial charge in [0.2, 0.25) is 0 Å². The van der Waals surface area contributed by atoms with Crippen LogP contribution >= 0.6 is 15.9 Å². The zero-order valence-corrected chi connectivity index (χ0v) is 12.7. The number of ether oxygens (including phenoxy) is 1. The zero-order chi connectivity index (χ0) is 15.4. The number of nitro benzene ring substituents is 1. The highest BCUT2D eigenvalue weighted by atomic mass is 79.9. The van der Waals surface area contributed by atoms with Crippen LogP contribution in [0.25, 0.3) is 0 Å². The number of carbonyl (C=O) groups excluding carboxylic acids is 1. The molecule has 2 aromatic rings. The lowest BCUT2D eigenvalue weighted by Gasteiger charge is -2.15. The molecule has 0 aliphatic rings. The molecular weight excluding hydrogens is 338 g/mol. The Kier molecular flexibility index (Phi) is 4.70. The van der Waals surface area contributed by atoms with Crippen molar-refractivity contribution in [1.29, 1.82) is 0 Å². The number of halogens is 1. The summed E-state index contributed by atoms with van der Waals surface area (Å²) in [4.78, 5) is 22.3. The highest BCUT2D eigenvalue weighted by molar-refractivity contribution is 9.10. The van der Waals surface area contributed by atoms with Crippen molar-refractivity contribution >= 4 is 27.6 Å². The van der Waals surface area contributed by atoms with Gasteiger partial charge in [-0.25, -0.2) is 0 Å². The lowest BCUT2D eigenvalue weighted by Crippen LogP contribution is -2.15. The average Bonchev–Trinajstić information content (AvgIpc) is 2.49. The van der Waals surface area contributed by atoms with E-state index in [1.54, 1.807) is 12.1 Å². The van der Waals surface area contributed by atoms with E-state index >= 15 is 0 Å². The van der Waals surface area contributed by atoms with E-state index in [-0.39, 0.29) is 5.69 Å². The molecule has 0 heterocycles. The Hall–Kier alpha value is -2.21. The van der Waals surface area contributed by atoms with Gasteiger partial charge in [-0.1, -0.05) is 40.2 Å². The van der Waals surface area contributed by atoms with Gasteiger partial charge in [0.05, 0.1) is 12.0 Å². The van der Waals surface area contributed by atoms with E-state index in [0.29, 0.717) is 5.56 Å². The predicted molar refractivity (Wildman–Crippen MR) is 81.1 cm³/mol. The van der Waals surface area contributed by atoms with Crippen LogP contribution in [0.4, 0.5) is 5.69 Å². The van der Waals surface area contributed by atoms with Crippen LogP contribution in [0.15, 0.2) is 53.0 Å². The number of esters is 1. The number of benzene rings is 2. The lowest BCUT2D eigenvalue weighted by atomic mass is 9.91. The van der Waals surface area contributed by atoms with Crippen molar-refractivity contribution in [3.05, 3.63) is 74.2 Å². The van der Waals surface area contributed by atoms with Crippen molar-refractivity contribution in [3.8, 4) is 0 Å². The van der Waals surface area contributed by atoms with Gasteiger partial charge in [-0.05, 0) is 23.3 Å². The van der Waals surface area contributed by atoms with Crippen LogP contribution in [0.3, 0.4) is 0 Å². The van der Waals surface area contributed by atoms with Crippen LogP contribution in [0.1, 0.15) is 17.0 Å². The molecule has 0 bridgehead atoms. The fourth-order valence-electron chi connectivity index (χ4n) is 2.03. The second-order valence-corrected chi connectivity index (χ2v) is 5.27. The lowest BCUT2D eigenvalue weighted by molar-refractivity contribution is -0.384. The molecule has 0 N–H and O–H groups in total. The van der Waals surface area contributed by atoms with Gasteiger partial charge in [0.25, 0.3) is 5.69 Å². The fourth-order valence-corrected chi connectivity index (χ4v) is 2.29. The summed E-state index contributed by atoms with van der Waals surface area (Å²) in [5.41, 5.74) is 1.40. The van der Waals surface area contributed by atoms with Gasteiger partial charge in [0, 0.05) is 16.6 Å². The number of carbonyl (C=O) groups is 1. The van der Waals surface area contributed by atoms with Crippen LogP contribution in [0.5, 0.6) is 0 Å². The number of non-ortho nitro benzene ring substituents is 1. The maximum absolute atomic E-state index is 12.0. The number of hydrogen-bond donors (Lipinski definition) is 0. The Balaban J connectivity index is 2.42. The number of hydrogen-bond acceptors (Lipinski definition) is 4. The molecule has 0 fully saturated rings. The molecule has 6 heteroatoms. The number of rotatable bonds is 4. The van der Waals surface area contributed by atoms with Crippen molar-refractivity contribution < 1.29 is 14.5 Å². The second kappa shape index (κ2) is 6.49. The summed E-state index contributed by atoms with van der Waals surface area (Å²) in [5.74, 6) is -1.02. The molecule has 2 rings (SSSR count). The minimum absolute atomic E-state index is 0.0156. The molecular formula is C15H12BrNO4. The van der Waals surface area contributed by atoms with E-state index in [2.05, 4.69) is 15.9 Å². The molecule has 21 heavy (non-hydrogen) atoms. The molecule has 2 aromatic carbocycles. The van der Waals surface area contributed by atoms with E-state index in [1.165, 1.54) is 19.2 Å². The predicted octanol–water partition coefficient (Wildman–Crippen LogP) is 3.66. The molecule has 0 amide bonds. The Labute approximate surface area is 129 Å². The maximum Gasteiger partial charge on any atom is 0.317 e. The first-order valence-electron chi connectivity index (χ1n) is 6.10. The first kappa shape index (κ1) is 15.2. The number of nitrogens with zero attached hydrogens (tertiary/aromatic N) is 1. The molecule has 0 aliphatic carbocycles. The average molecular weight is 350 g/mol. The van der Waals surface area contributed by atoms with Crippen molar-refractivity contribution in [2.75, 3.05) is 7.11 Å². The van der Waals surface area contributed by atoms with E-state index in [1.807, 2.05) is 24.3 Å². The smallest absolute Gasteiger partial charge is 0.317 e. The molecule has 0 aliphatic heterocycles. The minimum Gasteiger partial charge on any atom is -0.468 e. The summed E-state index contributed by atoms with van der Waals surface area (Å²) in [6, 6.07) is 13.2. The van der Waals surface area contributed by atoms with Crippen molar-refractivity contribution in [2.45, 2.75) is 5.92 Å². The first-order valence-corrected chi connectivity index (χ1v) is 6.90. The molecule has 0 aromatic heterocycles. The molecule has 0 saturated carbocycles. The molecule has 0 saturated heterocycles. The largest absolute Gasteiger partial charge is 0.468 e. The topological polar surface area (TPSA) is 69.4 Å². The summed E-state index contributed by atoms with van der Waals surface area (Å²) < 4.78 is 5.75. The Morgan fingerprint density at radius 2 is 1.57 bits per heavy atom. The van der Waals surface area contributed by atoms with Gasteiger partial charge in [0.1, 0.15) is 5.92 Å². The maximum atomic E-state index is 12.0. The van der Waals surface area contributed by atoms with E-state index in [0.717, 1.165) is 10.0 Å². The molecule has 0 unspecified atom stereocenters. The zero-order valence-electron chi connectivity index (χ0n) is 11.2. The third kappa shape index (κ3) is 3.46. The minimum atomic E-state index is -0.607. The summed E-state index contributed by atoms with van der Waals surface area (Å²) >= 11 is 3.34. The Morgan fingerprint density at radius 3 is 2.00 bits per heavy atom. The third-order valence-corrected chi connectivity index (χ3v) is 3.61. The van der Waals surface area contributed by atoms with Gasteiger partial charge < -0.3 is 4.74 Å². The van der Waals surface area contributed by atoms with Gasteiger partial charge in [-0.3, -0.25) is 14.9 Å². The van der Waals surface area contributed by atoms with Crippen molar-refractivity contribution in [2.24, 2.45) is 0 Å². The summed E-state index contributed by atoms with van der Waals surface area (Å²) in [6.45, 7) is 0. The van der Waals surface area contributed by atoms with Gasteiger partial charge >= 0.3 is 5.97 Å². The van der Waals surface area contributed by atoms with Crippen molar-refractivity contribution in [3.63, 3.8) is 0 Å². The Bertz CT molecular complexity index is 652. The SMILES string of the molecule is COC(=O)[C@@H](c1ccc(Br)cc1)c1ccc([N+](=O)[O-])cc1.